The van der Waals surface area contributed by atoms with Crippen molar-refractivity contribution in [3.8, 4) is 0 Å². The second-order valence-electron chi connectivity index (χ2n) is 4.29. The fraction of sp³-hybridized carbons (Fsp3) is 0.214. The van der Waals surface area contributed by atoms with Crippen molar-refractivity contribution >= 4 is 29.2 Å². The molecule has 6 heteroatoms. The molecule has 0 radical (unpaired) electrons. The molecule has 2 rings (SSSR count). The molecule has 0 fully saturated rings. The van der Waals surface area contributed by atoms with Gasteiger partial charge in [-0.15, -0.1) is 0 Å². The van der Waals surface area contributed by atoms with E-state index in [4.69, 9.17) is 11.6 Å². The Kier molecular flexibility index (Phi) is 4.20. The van der Waals surface area contributed by atoms with E-state index in [0.29, 0.717) is 22.2 Å². The molecular formula is C14H14ClN3O2. The summed E-state index contributed by atoms with van der Waals surface area (Å²) in [7, 11) is 1.31. The molecule has 0 aliphatic carbocycles. The molecule has 20 heavy (non-hydrogen) atoms. The molecule has 0 aliphatic rings. The van der Waals surface area contributed by atoms with Gasteiger partial charge >= 0.3 is 5.97 Å². The summed E-state index contributed by atoms with van der Waals surface area (Å²) in [6.45, 7) is 3.78. The summed E-state index contributed by atoms with van der Waals surface area (Å²) >= 11 is 5.96. The smallest absolute Gasteiger partial charge is 0.339 e. The van der Waals surface area contributed by atoms with Crippen LogP contribution < -0.4 is 5.32 Å². The number of hydrogen-bond acceptors (Lipinski definition) is 5. The number of carbonyl (C=O) groups excluding carboxylic acids is 1. The van der Waals surface area contributed by atoms with E-state index in [-0.39, 0.29) is 0 Å². The second kappa shape index (κ2) is 5.88. The molecule has 104 valence electrons. The van der Waals surface area contributed by atoms with E-state index in [1.165, 1.54) is 7.11 Å². The summed E-state index contributed by atoms with van der Waals surface area (Å²) < 4.78 is 4.68. The highest BCUT2D eigenvalue weighted by atomic mass is 35.5. The van der Waals surface area contributed by atoms with E-state index in [1.807, 2.05) is 19.9 Å². The summed E-state index contributed by atoms with van der Waals surface area (Å²) in [6, 6.07) is 6.86. The number of aromatic nitrogens is 2. The SMILES string of the molecule is COC(=O)c1cc(Nc2nc(C)cc(C)n2)ccc1Cl. The van der Waals surface area contributed by atoms with E-state index in [2.05, 4.69) is 20.0 Å². The van der Waals surface area contributed by atoms with Crippen molar-refractivity contribution in [3.05, 3.63) is 46.2 Å². The van der Waals surface area contributed by atoms with Crippen LogP contribution in [-0.4, -0.2) is 23.0 Å². The Morgan fingerprint density at radius 3 is 2.45 bits per heavy atom. The van der Waals surface area contributed by atoms with Crippen molar-refractivity contribution in [1.29, 1.82) is 0 Å². The van der Waals surface area contributed by atoms with Gasteiger partial charge in [0, 0.05) is 17.1 Å². The highest BCUT2D eigenvalue weighted by molar-refractivity contribution is 6.33. The molecule has 0 saturated heterocycles. The number of methoxy groups -OCH3 is 1. The molecular weight excluding hydrogens is 278 g/mol. The van der Waals surface area contributed by atoms with Gasteiger partial charge in [-0.3, -0.25) is 0 Å². The normalized spacial score (nSPS) is 10.2. The molecule has 0 aliphatic heterocycles. The maximum absolute atomic E-state index is 11.6. The van der Waals surface area contributed by atoms with Crippen LogP contribution in [0.2, 0.25) is 5.02 Å². The van der Waals surface area contributed by atoms with Gasteiger partial charge in [-0.05, 0) is 38.1 Å². The minimum atomic E-state index is -0.486. The van der Waals surface area contributed by atoms with Crippen molar-refractivity contribution in [2.75, 3.05) is 12.4 Å². The first-order chi connectivity index (χ1) is 9.49. The first-order valence-electron chi connectivity index (χ1n) is 5.97. The van der Waals surface area contributed by atoms with Gasteiger partial charge in [-0.1, -0.05) is 11.6 Å². The van der Waals surface area contributed by atoms with Gasteiger partial charge in [0.15, 0.2) is 0 Å². The van der Waals surface area contributed by atoms with E-state index in [0.717, 1.165) is 11.4 Å². The van der Waals surface area contributed by atoms with Gasteiger partial charge in [-0.2, -0.15) is 0 Å². The fourth-order valence-corrected chi connectivity index (χ4v) is 1.98. The summed E-state index contributed by atoms with van der Waals surface area (Å²) in [5.41, 5.74) is 2.69. The molecule has 2 aromatic rings. The molecule has 0 bridgehead atoms. The van der Waals surface area contributed by atoms with Crippen molar-refractivity contribution in [2.45, 2.75) is 13.8 Å². The van der Waals surface area contributed by atoms with Gasteiger partial charge in [0.05, 0.1) is 17.7 Å². The van der Waals surface area contributed by atoms with Crippen LogP contribution in [0.4, 0.5) is 11.6 Å². The molecule has 0 saturated carbocycles. The number of aryl methyl sites for hydroxylation is 2. The number of ether oxygens (including phenoxy) is 1. The van der Waals surface area contributed by atoms with Crippen LogP contribution in [0.15, 0.2) is 24.3 Å². The third-order valence-corrected chi connectivity index (χ3v) is 2.94. The first-order valence-corrected chi connectivity index (χ1v) is 6.34. The number of anilines is 2. The molecule has 5 nitrogen and oxygen atoms in total. The van der Waals surface area contributed by atoms with E-state index in [9.17, 15) is 4.79 Å². The lowest BCUT2D eigenvalue weighted by Gasteiger charge is -2.09. The molecule has 1 aromatic carbocycles. The van der Waals surface area contributed by atoms with Crippen LogP contribution in [0, 0.1) is 13.8 Å². The van der Waals surface area contributed by atoms with Gasteiger partial charge < -0.3 is 10.1 Å². The molecule has 0 atom stereocenters. The number of rotatable bonds is 3. The average molecular weight is 292 g/mol. The standard InChI is InChI=1S/C14H14ClN3O2/c1-8-6-9(2)17-14(16-8)18-10-4-5-12(15)11(7-10)13(19)20-3/h4-7H,1-3H3,(H,16,17,18). The van der Waals surface area contributed by atoms with Crippen LogP contribution >= 0.6 is 11.6 Å². The van der Waals surface area contributed by atoms with Crippen molar-refractivity contribution < 1.29 is 9.53 Å². The Bertz CT molecular complexity index is 639. The molecule has 1 heterocycles. The highest BCUT2D eigenvalue weighted by Gasteiger charge is 2.12. The Morgan fingerprint density at radius 1 is 1.20 bits per heavy atom. The topological polar surface area (TPSA) is 64.1 Å². The number of benzene rings is 1. The first kappa shape index (κ1) is 14.3. The number of esters is 1. The molecule has 0 spiro atoms. The number of hydrogen-bond donors (Lipinski definition) is 1. The Labute approximate surface area is 122 Å². The van der Waals surface area contributed by atoms with Crippen LogP contribution in [0.25, 0.3) is 0 Å². The van der Waals surface area contributed by atoms with E-state index >= 15 is 0 Å². The fourth-order valence-electron chi connectivity index (χ4n) is 1.78. The largest absolute Gasteiger partial charge is 0.465 e. The number of halogens is 1. The molecule has 0 amide bonds. The molecule has 1 aromatic heterocycles. The van der Waals surface area contributed by atoms with Gasteiger partial charge in [0.1, 0.15) is 0 Å². The predicted octanol–water partition coefficient (Wildman–Crippen LogP) is 3.28. The zero-order valence-electron chi connectivity index (χ0n) is 11.4. The van der Waals surface area contributed by atoms with Crippen molar-refractivity contribution in [1.82, 2.24) is 9.97 Å². The van der Waals surface area contributed by atoms with Crippen LogP contribution in [0.5, 0.6) is 0 Å². The van der Waals surface area contributed by atoms with Gasteiger partial charge in [-0.25, -0.2) is 14.8 Å². The van der Waals surface area contributed by atoms with E-state index < -0.39 is 5.97 Å². The van der Waals surface area contributed by atoms with Crippen LogP contribution in [0.1, 0.15) is 21.7 Å². The number of nitrogens with one attached hydrogen (secondary N) is 1. The zero-order valence-corrected chi connectivity index (χ0v) is 12.2. The van der Waals surface area contributed by atoms with Crippen molar-refractivity contribution in [3.63, 3.8) is 0 Å². The Hall–Kier alpha value is -2.14. The lowest BCUT2D eigenvalue weighted by atomic mass is 10.2. The zero-order chi connectivity index (χ0) is 14.7. The summed E-state index contributed by atoms with van der Waals surface area (Å²) in [4.78, 5) is 20.1. The van der Waals surface area contributed by atoms with Gasteiger partial charge in [0.25, 0.3) is 0 Å². The monoisotopic (exact) mass is 291 g/mol. The summed E-state index contributed by atoms with van der Waals surface area (Å²) in [5.74, 6) is -0.0133. The second-order valence-corrected chi connectivity index (χ2v) is 4.69. The maximum atomic E-state index is 11.6. The quantitative estimate of drug-likeness (QED) is 0.879. The van der Waals surface area contributed by atoms with E-state index in [1.54, 1.807) is 18.2 Å². The van der Waals surface area contributed by atoms with Gasteiger partial charge in [0.2, 0.25) is 5.95 Å². The third-order valence-electron chi connectivity index (χ3n) is 2.61. The summed E-state index contributed by atoms with van der Waals surface area (Å²) in [5, 5.41) is 3.38. The van der Waals surface area contributed by atoms with Crippen LogP contribution in [0.3, 0.4) is 0 Å². The number of nitrogens with zero attached hydrogens (tertiary/aromatic N) is 2. The maximum Gasteiger partial charge on any atom is 0.339 e. The highest BCUT2D eigenvalue weighted by Crippen LogP contribution is 2.23. The third kappa shape index (κ3) is 3.24. The lowest BCUT2D eigenvalue weighted by Crippen LogP contribution is -2.04. The summed E-state index contributed by atoms with van der Waals surface area (Å²) in [6.07, 6.45) is 0. The molecule has 0 unspecified atom stereocenters. The average Bonchev–Trinajstić information content (AvgIpc) is 2.39. The Balaban J connectivity index is 2.32. The van der Waals surface area contributed by atoms with Crippen LogP contribution in [-0.2, 0) is 4.74 Å². The minimum Gasteiger partial charge on any atom is -0.465 e. The minimum absolute atomic E-state index is 0.295. The number of carbonyl (C=O) groups is 1. The van der Waals surface area contributed by atoms with Crippen molar-refractivity contribution in [2.24, 2.45) is 0 Å². The Morgan fingerprint density at radius 2 is 1.85 bits per heavy atom. The molecule has 1 N–H and O–H groups in total. The lowest BCUT2D eigenvalue weighted by molar-refractivity contribution is 0.0601. The predicted molar refractivity (Wildman–Crippen MR) is 77.6 cm³/mol.